The highest BCUT2D eigenvalue weighted by Crippen LogP contribution is 2.23. The van der Waals surface area contributed by atoms with E-state index >= 15 is 0 Å². The highest BCUT2D eigenvalue weighted by atomic mass is 32.2. The number of ether oxygens (including phenoxy) is 1. The maximum atomic E-state index is 12.6. The number of urea groups is 1. The van der Waals surface area contributed by atoms with Crippen LogP contribution in [0.25, 0.3) is 0 Å². The highest BCUT2D eigenvalue weighted by Gasteiger charge is 2.26. The summed E-state index contributed by atoms with van der Waals surface area (Å²) in [6, 6.07) is 5.06. The average molecular weight is 396 g/mol. The summed E-state index contributed by atoms with van der Waals surface area (Å²) in [6.07, 6.45) is 2.47. The van der Waals surface area contributed by atoms with E-state index in [-0.39, 0.29) is 22.6 Å². The van der Waals surface area contributed by atoms with Gasteiger partial charge in [-0.25, -0.2) is 17.9 Å². The van der Waals surface area contributed by atoms with E-state index in [2.05, 4.69) is 10.0 Å². The second-order valence-corrected chi connectivity index (χ2v) is 10.0. The van der Waals surface area contributed by atoms with Gasteiger partial charge in [0, 0.05) is 31.8 Å². The summed E-state index contributed by atoms with van der Waals surface area (Å²) in [5, 5.41) is 2.97. The molecule has 3 rings (SSSR count). The molecule has 0 bridgehead atoms. The van der Waals surface area contributed by atoms with E-state index in [0.29, 0.717) is 32.7 Å². The van der Waals surface area contributed by atoms with E-state index in [1.165, 1.54) is 0 Å². The fraction of sp³-hybridized carbons (Fsp3) is 0.632. The van der Waals surface area contributed by atoms with Crippen molar-refractivity contribution in [2.24, 2.45) is 0 Å². The Kier molecular flexibility index (Phi) is 5.79. The molecule has 7 nitrogen and oxygen atoms in total. The number of fused-ring (bicyclic) bond motifs is 1. The SMILES string of the molecule is CC(C)(C)NC(=O)N1CCc2cc(S(=O)(=O)NC[C@H]3CCCO3)ccc2C1. The normalized spacial score (nSPS) is 20.4. The first-order chi connectivity index (χ1) is 12.6. The molecule has 0 radical (unpaired) electrons. The number of amides is 2. The van der Waals surface area contributed by atoms with Crippen LogP contribution in [0.1, 0.15) is 44.7 Å². The fourth-order valence-corrected chi connectivity index (χ4v) is 4.48. The fourth-order valence-electron chi connectivity index (χ4n) is 3.36. The van der Waals surface area contributed by atoms with Crippen LogP contribution in [0.5, 0.6) is 0 Å². The third kappa shape index (κ3) is 5.21. The number of nitrogens with zero attached hydrogens (tertiary/aromatic N) is 1. The van der Waals surface area contributed by atoms with Crippen molar-refractivity contribution in [2.75, 3.05) is 19.7 Å². The van der Waals surface area contributed by atoms with E-state index < -0.39 is 10.0 Å². The molecule has 2 aliphatic rings. The second-order valence-electron chi connectivity index (χ2n) is 8.27. The lowest BCUT2D eigenvalue weighted by molar-refractivity contribution is 0.114. The molecule has 8 heteroatoms. The predicted molar refractivity (Wildman–Crippen MR) is 103 cm³/mol. The number of carbonyl (C=O) groups is 1. The lowest BCUT2D eigenvalue weighted by atomic mass is 10.00. The lowest BCUT2D eigenvalue weighted by Crippen LogP contribution is -2.49. The lowest BCUT2D eigenvalue weighted by Gasteiger charge is -2.32. The number of hydrogen-bond donors (Lipinski definition) is 2. The Hall–Kier alpha value is -1.64. The third-order valence-electron chi connectivity index (χ3n) is 4.79. The van der Waals surface area contributed by atoms with Crippen LogP contribution in [0.15, 0.2) is 23.1 Å². The van der Waals surface area contributed by atoms with Crippen molar-refractivity contribution in [1.29, 1.82) is 0 Å². The minimum atomic E-state index is -3.56. The molecular weight excluding hydrogens is 366 g/mol. The van der Waals surface area contributed by atoms with Gasteiger partial charge in [-0.3, -0.25) is 0 Å². The Labute approximate surface area is 161 Å². The molecule has 2 heterocycles. The summed E-state index contributed by atoms with van der Waals surface area (Å²) >= 11 is 0. The van der Waals surface area contributed by atoms with Gasteiger partial charge in [-0.15, -0.1) is 0 Å². The molecule has 1 aromatic rings. The van der Waals surface area contributed by atoms with Gasteiger partial charge >= 0.3 is 6.03 Å². The van der Waals surface area contributed by atoms with E-state index in [9.17, 15) is 13.2 Å². The molecule has 0 aliphatic carbocycles. The first-order valence-electron chi connectivity index (χ1n) is 9.44. The molecule has 27 heavy (non-hydrogen) atoms. The summed E-state index contributed by atoms with van der Waals surface area (Å²) in [6.45, 7) is 7.91. The van der Waals surface area contributed by atoms with Crippen LogP contribution in [0.2, 0.25) is 0 Å². The molecule has 1 saturated heterocycles. The quantitative estimate of drug-likeness (QED) is 0.816. The minimum absolute atomic E-state index is 0.0349. The number of benzene rings is 1. The highest BCUT2D eigenvalue weighted by molar-refractivity contribution is 7.89. The smallest absolute Gasteiger partial charge is 0.318 e. The molecule has 2 amide bonds. The molecule has 150 valence electrons. The van der Waals surface area contributed by atoms with Gasteiger partial charge in [-0.1, -0.05) is 6.07 Å². The van der Waals surface area contributed by atoms with E-state index in [1.54, 1.807) is 17.0 Å². The van der Waals surface area contributed by atoms with Gasteiger partial charge in [0.1, 0.15) is 0 Å². The molecule has 1 aromatic carbocycles. The maximum Gasteiger partial charge on any atom is 0.318 e. The van der Waals surface area contributed by atoms with E-state index in [1.807, 2.05) is 26.8 Å². The Morgan fingerprint density at radius 3 is 2.74 bits per heavy atom. The van der Waals surface area contributed by atoms with Crippen molar-refractivity contribution < 1.29 is 17.9 Å². The number of rotatable bonds is 4. The maximum absolute atomic E-state index is 12.6. The van der Waals surface area contributed by atoms with Crippen molar-refractivity contribution in [1.82, 2.24) is 14.9 Å². The molecule has 2 N–H and O–H groups in total. The number of hydrogen-bond acceptors (Lipinski definition) is 4. The van der Waals surface area contributed by atoms with Gasteiger partial charge < -0.3 is 15.0 Å². The number of carbonyl (C=O) groups excluding carboxylic acids is 1. The van der Waals surface area contributed by atoms with Crippen LogP contribution in [0.3, 0.4) is 0 Å². The average Bonchev–Trinajstić information content (AvgIpc) is 3.11. The van der Waals surface area contributed by atoms with Crippen LogP contribution in [0, 0.1) is 0 Å². The van der Waals surface area contributed by atoms with Gasteiger partial charge in [0.2, 0.25) is 10.0 Å². The molecule has 2 aliphatic heterocycles. The summed E-state index contributed by atoms with van der Waals surface area (Å²) in [5.74, 6) is 0. The van der Waals surface area contributed by atoms with Crippen molar-refractivity contribution in [3.05, 3.63) is 29.3 Å². The largest absolute Gasteiger partial charge is 0.377 e. The van der Waals surface area contributed by atoms with Gasteiger partial charge in [0.15, 0.2) is 0 Å². The van der Waals surface area contributed by atoms with Crippen LogP contribution in [0.4, 0.5) is 4.79 Å². The Morgan fingerprint density at radius 2 is 2.07 bits per heavy atom. The topological polar surface area (TPSA) is 87.7 Å². The monoisotopic (exact) mass is 395 g/mol. The zero-order chi connectivity index (χ0) is 19.7. The summed E-state index contributed by atoms with van der Waals surface area (Å²) in [5.41, 5.74) is 1.68. The van der Waals surface area contributed by atoms with E-state index in [0.717, 1.165) is 24.0 Å². The first kappa shape index (κ1) is 20.1. The van der Waals surface area contributed by atoms with Crippen molar-refractivity contribution in [3.8, 4) is 0 Å². The summed E-state index contributed by atoms with van der Waals surface area (Å²) in [7, 11) is -3.56. The zero-order valence-electron chi connectivity index (χ0n) is 16.2. The second kappa shape index (κ2) is 7.77. The van der Waals surface area contributed by atoms with Crippen LogP contribution < -0.4 is 10.0 Å². The van der Waals surface area contributed by atoms with Gasteiger partial charge in [0.05, 0.1) is 11.0 Å². The van der Waals surface area contributed by atoms with E-state index in [4.69, 9.17) is 4.74 Å². The van der Waals surface area contributed by atoms with Gasteiger partial charge in [-0.2, -0.15) is 0 Å². The van der Waals surface area contributed by atoms with Gasteiger partial charge in [0.25, 0.3) is 0 Å². The van der Waals surface area contributed by atoms with Crippen molar-refractivity contribution >= 4 is 16.1 Å². The summed E-state index contributed by atoms with van der Waals surface area (Å²) < 4.78 is 33.2. The number of nitrogens with one attached hydrogen (secondary N) is 2. The zero-order valence-corrected chi connectivity index (χ0v) is 17.1. The molecule has 0 saturated carbocycles. The standard InChI is InChI=1S/C19H29N3O4S/c1-19(2,3)21-18(23)22-9-8-14-11-17(7-6-15(14)13-22)27(24,25)20-12-16-5-4-10-26-16/h6-7,11,16,20H,4-5,8-10,12-13H2,1-3H3,(H,21,23)/t16-/m1/s1. The van der Waals surface area contributed by atoms with Crippen LogP contribution >= 0.6 is 0 Å². The molecule has 1 atom stereocenters. The van der Waals surface area contributed by atoms with Crippen molar-refractivity contribution in [3.63, 3.8) is 0 Å². The molecular formula is C19H29N3O4S. The molecule has 0 unspecified atom stereocenters. The van der Waals surface area contributed by atoms with Crippen LogP contribution in [-0.2, 0) is 27.7 Å². The minimum Gasteiger partial charge on any atom is -0.377 e. The Balaban J connectivity index is 1.66. The molecule has 0 spiro atoms. The molecule has 1 fully saturated rings. The Bertz CT molecular complexity index is 796. The number of sulfonamides is 1. The molecule has 0 aromatic heterocycles. The van der Waals surface area contributed by atoms with Crippen molar-refractivity contribution in [2.45, 2.75) is 63.1 Å². The van der Waals surface area contributed by atoms with Crippen LogP contribution in [-0.4, -0.2) is 50.7 Å². The Morgan fingerprint density at radius 1 is 1.30 bits per heavy atom. The predicted octanol–water partition coefficient (Wildman–Crippen LogP) is 2.01. The third-order valence-corrected chi connectivity index (χ3v) is 6.22. The summed E-state index contributed by atoms with van der Waals surface area (Å²) in [4.78, 5) is 14.4. The van der Waals surface area contributed by atoms with Gasteiger partial charge in [-0.05, 0) is 63.3 Å². The first-order valence-corrected chi connectivity index (χ1v) is 10.9.